The fourth-order valence-corrected chi connectivity index (χ4v) is 3.23. The molecule has 1 heterocycles. The quantitative estimate of drug-likeness (QED) is 0.859. The maximum Gasteiger partial charge on any atom is 0.356 e. The normalized spacial score (nSPS) is 14.6. The zero-order valence-electron chi connectivity index (χ0n) is 12.5. The third-order valence-corrected chi connectivity index (χ3v) is 4.08. The number of hydrogen-bond donors (Lipinski definition) is 1. The van der Waals surface area contributed by atoms with Gasteiger partial charge in [-0.25, -0.2) is 9.48 Å². The van der Waals surface area contributed by atoms with Crippen molar-refractivity contribution in [2.75, 3.05) is 0 Å². The van der Waals surface area contributed by atoms with Crippen molar-refractivity contribution in [3.8, 4) is 5.69 Å². The third kappa shape index (κ3) is 2.58. The summed E-state index contributed by atoms with van der Waals surface area (Å²) in [6.45, 7) is 4.10. The van der Waals surface area contributed by atoms with E-state index < -0.39 is 5.97 Å². The Morgan fingerprint density at radius 2 is 1.76 bits per heavy atom. The minimum atomic E-state index is -0.920. The number of rotatable bonds is 2. The minimum absolute atomic E-state index is 0.228. The Hall–Kier alpha value is -2.10. The third-order valence-electron chi connectivity index (χ3n) is 4.08. The van der Waals surface area contributed by atoms with Gasteiger partial charge >= 0.3 is 5.97 Å². The molecular weight excluding hydrogens is 264 g/mol. The predicted molar refractivity (Wildman–Crippen MR) is 81.3 cm³/mol. The predicted octanol–water partition coefficient (Wildman–Crippen LogP) is 3.46. The molecule has 1 aliphatic carbocycles. The smallest absolute Gasteiger partial charge is 0.356 e. The SMILES string of the molecule is Cc1cc(C)cc(-n2nc(C(=O)O)c3c2CCCCC3)c1. The fourth-order valence-electron chi connectivity index (χ4n) is 3.23. The van der Waals surface area contributed by atoms with Crippen LogP contribution in [-0.4, -0.2) is 20.9 Å². The summed E-state index contributed by atoms with van der Waals surface area (Å²) in [5, 5.41) is 13.8. The Morgan fingerprint density at radius 3 is 2.43 bits per heavy atom. The molecule has 0 radical (unpaired) electrons. The van der Waals surface area contributed by atoms with Crippen LogP contribution in [-0.2, 0) is 12.8 Å². The summed E-state index contributed by atoms with van der Waals surface area (Å²) in [6.07, 6.45) is 5.03. The number of nitrogens with zero attached hydrogens (tertiary/aromatic N) is 2. The van der Waals surface area contributed by atoms with Gasteiger partial charge in [0.05, 0.1) is 5.69 Å². The summed E-state index contributed by atoms with van der Waals surface area (Å²) in [5.74, 6) is -0.920. The van der Waals surface area contributed by atoms with Crippen molar-refractivity contribution in [2.45, 2.75) is 46.0 Å². The van der Waals surface area contributed by atoms with Gasteiger partial charge in [0.15, 0.2) is 5.69 Å². The average molecular weight is 284 g/mol. The highest BCUT2D eigenvalue weighted by Gasteiger charge is 2.24. The summed E-state index contributed by atoms with van der Waals surface area (Å²) < 4.78 is 1.85. The number of benzene rings is 1. The molecule has 0 saturated heterocycles. The van der Waals surface area contributed by atoms with Gasteiger partial charge in [-0.15, -0.1) is 0 Å². The number of fused-ring (bicyclic) bond motifs is 1. The molecule has 0 spiro atoms. The Bertz CT molecular complexity index is 681. The first-order chi connectivity index (χ1) is 10.1. The summed E-state index contributed by atoms with van der Waals surface area (Å²) >= 11 is 0. The van der Waals surface area contributed by atoms with Gasteiger partial charge in [0, 0.05) is 11.3 Å². The van der Waals surface area contributed by atoms with Gasteiger partial charge in [-0.3, -0.25) is 0 Å². The van der Waals surface area contributed by atoms with Crippen molar-refractivity contribution >= 4 is 5.97 Å². The Morgan fingerprint density at radius 1 is 1.10 bits per heavy atom. The van der Waals surface area contributed by atoms with E-state index in [1.165, 1.54) is 11.1 Å². The van der Waals surface area contributed by atoms with Gasteiger partial charge in [-0.2, -0.15) is 5.10 Å². The summed E-state index contributed by atoms with van der Waals surface area (Å²) in [5.41, 5.74) is 5.54. The molecule has 21 heavy (non-hydrogen) atoms. The molecular formula is C17H20N2O2. The molecule has 0 bridgehead atoms. The number of carboxylic acids is 1. The minimum Gasteiger partial charge on any atom is -0.476 e. The van der Waals surface area contributed by atoms with Crippen molar-refractivity contribution in [3.63, 3.8) is 0 Å². The zero-order valence-corrected chi connectivity index (χ0v) is 12.5. The monoisotopic (exact) mass is 284 g/mol. The lowest BCUT2D eigenvalue weighted by Gasteiger charge is -2.09. The molecule has 3 rings (SSSR count). The standard InChI is InChI=1S/C17H20N2O2/c1-11-8-12(2)10-13(9-11)19-15-7-5-3-4-6-14(15)16(18-19)17(20)21/h8-10H,3-7H2,1-2H3,(H,20,21). The van der Waals surface area contributed by atoms with Crippen molar-refractivity contribution in [2.24, 2.45) is 0 Å². The van der Waals surface area contributed by atoms with Gasteiger partial charge in [-0.1, -0.05) is 12.5 Å². The van der Waals surface area contributed by atoms with Gasteiger partial charge < -0.3 is 5.11 Å². The van der Waals surface area contributed by atoms with E-state index in [1.54, 1.807) is 0 Å². The maximum atomic E-state index is 11.5. The lowest BCUT2D eigenvalue weighted by molar-refractivity contribution is 0.0688. The molecule has 1 aliphatic rings. The van der Waals surface area contributed by atoms with Crippen LogP contribution in [0, 0.1) is 13.8 Å². The Labute approximate surface area is 124 Å². The molecule has 2 aromatic rings. The number of carboxylic acid groups (broad SMARTS) is 1. The summed E-state index contributed by atoms with van der Waals surface area (Å²) in [6, 6.07) is 6.25. The Balaban J connectivity index is 2.20. The van der Waals surface area contributed by atoms with Crippen molar-refractivity contribution in [3.05, 3.63) is 46.3 Å². The number of aryl methyl sites for hydroxylation is 2. The van der Waals surface area contributed by atoms with Gasteiger partial charge in [0.1, 0.15) is 0 Å². The van der Waals surface area contributed by atoms with Gasteiger partial charge in [0.25, 0.3) is 0 Å². The van der Waals surface area contributed by atoms with E-state index in [2.05, 4.69) is 37.1 Å². The molecule has 1 aromatic carbocycles. The molecule has 4 nitrogen and oxygen atoms in total. The lowest BCUT2D eigenvalue weighted by Crippen LogP contribution is -2.04. The lowest BCUT2D eigenvalue weighted by atomic mass is 10.1. The van der Waals surface area contributed by atoms with Crippen molar-refractivity contribution in [1.82, 2.24) is 9.78 Å². The van der Waals surface area contributed by atoms with E-state index in [-0.39, 0.29) is 5.69 Å². The van der Waals surface area contributed by atoms with E-state index in [4.69, 9.17) is 0 Å². The zero-order chi connectivity index (χ0) is 15.0. The van der Waals surface area contributed by atoms with Crippen LogP contribution in [0.5, 0.6) is 0 Å². The van der Waals surface area contributed by atoms with Crippen LogP contribution in [0.15, 0.2) is 18.2 Å². The first-order valence-electron chi connectivity index (χ1n) is 7.49. The number of aromatic carboxylic acids is 1. The van der Waals surface area contributed by atoms with E-state index >= 15 is 0 Å². The average Bonchev–Trinajstić information content (AvgIpc) is 2.60. The number of aromatic nitrogens is 2. The van der Waals surface area contributed by atoms with Crippen LogP contribution in [0.4, 0.5) is 0 Å². The van der Waals surface area contributed by atoms with E-state index in [9.17, 15) is 9.90 Å². The highest BCUT2D eigenvalue weighted by Crippen LogP contribution is 2.27. The Kier molecular flexibility index (Phi) is 3.53. The molecule has 0 fully saturated rings. The molecule has 0 aliphatic heterocycles. The topological polar surface area (TPSA) is 55.1 Å². The molecule has 0 unspecified atom stereocenters. The molecule has 4 heteroatoms. The second-order valence-electron chi connectivity index (χ2n) is 5.90. The van der Waals surface area contributed by atoms with Crippen LogP contribution in [0.1, 0.15) is 52.1 Å². The second-order valence-corrected chi connectivity index (χ2v) is 5.90. The van der Waals surface area contributed by atoms with Gasteiger partial charge in [-0.05, 0) is 62.8 Å². The molecule has 110 valence electrons. The number of hydrogen-bond acceptors (Lipinski definition) is 2. The van der Waals surface area contributed by atoms with E-state index in [1.807, 2.05) is 4.68 Å². The maximum absolute atomic E-state index is 11.5. The van der Waals surface area contributed by atoms with Crippen molar-refractivity contribution in [1.29, 1.82) is 0 Å². The van der Waals surface area contributed by atoms with Gasteiger partial charge in [0.2, 0.25) is 0 Å². The molecule has 0 amide bonds. The van der Waals surface area contributed by atoms with E-state index in [0.29, 0.717) is 0 Å². The largest absolute Gasteiger partial charge is 0.476 e. The van der Waals surface area contributed by atoms with Crippen LogP contribution in [0.2, 0.25) is 0 Å². The van der Waals surface area contributed by atoms with Crippen LogP contribution in [0.25, 0.3) is 5.69 Å². The van der Waals surface area contributed by atoms with Crippen LogP contribution >= 0.6 is 0 Å². The van der Waals surface area contributed by atoms with E-state index in [0.717, 1.165) is 49.0 Å². The molecule has 1 N–H and O–H groups in total. The first-order valence-corrected chi connectivity index (χ1v) is 7.49. The highest BCUT2D eigenvalue weighted by molar-refractivity contribution is 5.87. The molecule has 0 atom stereocenters. The highest BCUT2D eigenvalue weighted by atomic mass is 16.4. The summed E-state index contributed by atoms with van der Waals surface area (Å²) in [7, 11) is 0. The molecule has 1 aromatic heterocycles. The van der Waals surface area contributed by atoms with Crippen LogP contribution in [0.3, 0.4) is 0 Å². The first kappa shape index (κ1) is 13.9. The second kappa shape index (κ2) is 5.35. The fraction of sp³-hybridized carbons (Fsp3) is 0.412. The van der Waals surface area contributed by atoms with Crippen molar-refractivity contribution < 1.29 is 9.90 Å². The number of carbonyl (C=O) groups is 1. The van der Waals surface area contributed by atoms with Crippen LogP contribution < -0.4 is 0 Å². The summed E-state index contributed by atoms with van der Waals surface area (Å²) in [4.78, 5) is 11.5. The molecule has 0 saturated carbocycles.